The number of benzene rings is 2. The molecule has 1 aromatic heterocycles. The predicted octanol–water partition coefficient (Wildman–Crippen LogP) is 4.09. The third-order valence-corrected chi connectivity index (χ3v) is 6.10. The molecule has 2 aromatic carbocycles. The standard InChI is InChI=1S/C22H19ClN4O3S/c1-12-7-8-14(23)9-16(12)24-20(29)15-10-17(28)25-19-18(15)21(30)27-22(26-19)31-11-13-5-3-2-4-6-13/h2-9,15H,10-11H2,1H3,(H,24,29)(H2,25,26,27,28,30). The minimum Gasteiger partial charge on any atom is -0.325 e. The summed E-state index contributed by atoms with van der Waals surface area (Å²) in [6.07, 6.45) is -0.139. The summed E-state index contributed by atoms with van der Waals surface area (Å²) in [5.41, 5.74) is 2.14. The molecule has 158 valence electrons. The number of hydrogen-bond donors (Lipinski definition) is 3. The fourth-order valence-electron chi connectivity index (χ4n) is 3.32. The Bertz CT molecular complexity index is 1210. The molecule has 0 aliphatic carbocycles. The zero-order valence-electron chi connectivity index (χ0n) is 16.6. The van der Waals surface area contributed by atoms with Crippen LogP contribution < -0.4 is 16.2 Å². The summed E-state index contributed by atoms with van der Waals surface area (Å²) >= 11 is 7.37. The first kappa shape index (κ1) is 21.1. The molecule has 7 nitrogen and oxygen atoms in total. The number of thioether (sulfide) groups is 1. The van der Waals surface area contributed by atoms with Crippen molar-refractivity contribution in [1.82, 2.24) is 9.97 Å². The van der Waals surface area contributed by atoms with Gasteiger partial charge in [-0.2, -0.15) is 0 Å². The molecule has 2 heterocycles. The van der Waals surface area contributed by atoms with Gasteiger partial charge in [0.15, 0.2) is 5.16 Å². The summed E-state index contributed by atoms with van der Waals surface area (Å²) < 4.78 is 0. The van der Waals surface area contributed by atoms with E-state index >= 15 is 0 Å². The molecule has 2 amide bonds. The Morgan fingerprint density at radius 1 is 1.23 bits per heavy atom. The van der Waals surface area contributed by atoms with Gasteiger partial charge in [-0.1, -0.05) is 59.8 Å². The molecule has 0 radical (unpaired) electrons. The zero-order valence-corrected chi connectivity index (χ0v) is 18.1. The number of fused-ring (bicyclic) bond motifs is 1. The molecule has 0 bridgehead atoms. The third kappa shape index (κ3) is 4.81. The summed E-state index contributed by atoms with van der Waals surface area (Å²) in [4.78, 5) is 45.2. The molecule has 1 aliphatic rings. The van der Waals surface area contributed by atoms with Gasteiger partial charge in [0.05, 0.1) is 11.5 Å². The van der Waals surface area contributed by atoms with E-state index in [0.717, 1.165) is 11.1 Å². The SMILES string of the molecule is Cc1ccc(Cl)cc1NC(=O)C1CC(=O)Nc2nc(SCc3ccccc3)[nH]c(=O)c21. The number of halogens is 1. The molecule has 3 aromatic rings. The molecule has 1 atom stereocenters. The average molecular weight is 455 g/mol. The molecule has 31 heavy (non-hydrogen) atoms. The number of carbonyl (C=O) groups excluding carboxylic acids is 2. The molecular formula is C22H19ClN4O3S. The minimum atomic E-state index is -0.952. The number of aromatic amines is 1. The zero-order chi connectivity index (χ0) is 22.0. The number of anilines is 2. The fraction of sp³-hybridized carbons (Fsp3) is 0.182. The lowest BCUT2D eigenvalue weighted by atomic mass is 9.92. The number of aryl methyl sites for hydroxylation is 1. The number of carbonyl (C=O) groups is 2. The maximum absolute atomic E-state index is 13.0. The molecule has 9 heteroatoms. The van der Waals surface area contributed by atoms with Gasteiger partial charge < -0.3 is 15.6 Å². The maximum Gasteiger partial charge on any atom is 0.257 e. The Balaban J connectivity index is 1.60. The molecule has 0 spiro atoms. The Morgan fingerprint density at radius 3 is 2.77 bits per heavy atom. The van der Waals surface area contributed by atoms with Crippen molar-refractivity contribution in [2.75, 3.05) is 10.6 Å². The minimum absolute atomic E-state index is 0.124. The van der Waals surface area contributed by atoms with E-state index in [4.69, 9.17) is 11.6 Å². The van der Waals surface area contributed by atoms with Crippen LogP contribution in [-0.2, 0) is 15.3 Å². The highest BCUT2D eigenvalue weighted by Gasteiger charge is 2.35. The van der Waals surface area contributed by atoms with Crippen molar-refractivity contribution >= 4 is 46.7 Å². The predicted molar refractivity (Wildman–Crippen MR) is 122 cm³/mol. The molecular weight excluding hydrogens is 436 g/mol. The Kier molecular flexibility index (Phi) is 6.11. The molecule has 0 saturated heterocycles. The topological polar surface area (TPSA) is 104 Å². The van der Waals surface area contributed by atoms with Crippen molar-refractivity contribution in [1.29, 1.82) is 0 Å². The molecule has 0 saturated carbocycles. The van der Waals surface area contributed by atoms with Crippen LogP contribution >= 0.6 is 23.4 Å². The van der Waals surface area contributed by atoms with Gasteiger partial charge in [0.2, 0.25) is 11.8 Å². The van der Waals surface area contributed by atoms with Crippen molar-refractivity contribution < 1.29 is 9.59 Å². The van der Waals surface area contributed by atoms with Crippen molar-refractivity contribution in [3.8, 4) is 0 Å². The summed E-state index contributed by atoms with van der Waals surface area (Å²) in [5.74, 6) is -1.05. The normalized spacial score (nSPS) is 15.2. The van der Waals surface area contributed by atoms with E-state index < -0.39 is 17.4 Å². The van der Waals surface area contributed by atoms with E-state index in [1.807, 2.05) is 37.3 Å². The highest BCUT2D eigenvalue weighted by Crippen LogP contribution is 2.31. The monoisotopic (exact) mass is 454 g/mol. The van der Waals surface area contributed by atoms with E-state index in [1.165, 1.54) is 11.8 Å². The smallest absolute Gasteiger partial charge is 0.257 e. The van der Waals surface area contributed by atoms with Gasteiger partial charge in [0.25, 0.3) is 5.56 Å². The Hall–Kier alpha value is -3.10. The van der Waals surface area contributed by atoms with E-state index in [2.05, 4.69) is 20.6 Å². The van der Waals surface area contributed by atoms with Crippen molar-refractivity contribution in [2.24, 2.45) is 0 Å². The quantitative estimate of drug-likeness (QED) is 0.398. The lowest BCUT2D eigenvalue weighted by Gasteiger charge is -2.24. The van der Waals surface area contributed by atoms with Gasteiger partial charge >= 0.3 is 0 Å². The number of aromatic nitrogens is 2. The fourth-order valence-corrected chi connectivity index (χ4v) is 4.31. The number of hydrogen-bond acceptors (Lipinski definition) is 5. The average Bonchev–Trinajstić information content (AvgIpc) is 2.74. The first-order valence-electron chi connectivity index (χ1n) is 9.58. The second-order valence-electron chi connectivity index (χ2n) is 7.16. The summed E-state index contributed by atoms with van der Waals surface area (Å²) in [7, 11) is 0. The first-order valence-corrected chi connectivity index (χ1v) is 10.9. The number of H-pyrrole nitrogens is 1. The van der Waals surface area contributed by atoms with Crippen LogP contribution in [0.4, 0.5) is 11.5 Å². The number of rotatable bonds is 5. The van der Waals surface area contributed by atoms with Gasteiger partial charge in [0, 0.05) is 22.9 Å². The van der Waals surface area contributed by atoms with E-state index in [9.17, 15) is 14.4 Å². The van der Waals surface area contributed by atoms with Crippen LogP contribution in [0.2, 0.25) is 5.02 Å². The van der Waals surface area contributed by atoms with E-state index in [1.54, 1.807) is 18.2 Å². The van der Waals surface area contributed by atoms with Crippen LogP contribution in [0.25, 0.3) is 0 Å². The number of nitrogens with one attached hydrogen (secondary N) is 3. The van der Waals surface area contributed by atoms with Gasteiger partial charge in [-0.25, -0.2) is 4.98 Å². The summed E-state index contributed by atoms with van der Waals surface area (Å²) in [5, 5.41) is 6.25. The largest absolute Gasteiger partial charge is 0.325 e. The highest BCUT2D eigenvalue weighted by atomic mass is 35.5. The number of nitrogens with zero attached hydrogens (tertiary/aromatic N) is 1. The molecule has 1 unspecified atom stereocenters. The second-order valence-corrected chi connectivity index (χ2v) is 8.56. The highest BCUT2D eigenvalue weighted by molar-refractivity contribution is 7.98. The Morgan fingerprint density at radius 2 is 2.00 bits per heavy atom. The van der Waals surface area contributed by atoms with Crippen molar-refractivity contribution in [2.45, 2.75) is 30.2 Å². The van der Waals surface area contributed by atoms with Crippen LogP contribution in [0.3, 0.4) is 0 Å². The van der Waals surface area contributed by atoms with Gasteiger partial charge in [0.1, 0.15) is 5.82 Å². The molecule has 1 aliphatic heterocycles. The van der Waals surface area contributed by atoms with Crippen LogP contribution in [0.15, 0.2) is 58.5 Å². The lowest BCUT2D eigenvalue weighted by molar-refractivity contribution is -0.123. The maximum atomic E-state index is 13.0. The summed E-state index contributed by atoms with van der Waals surface area (Å²) in [6, 6.07) is 14.9. The van der Waals surface area contributed by atoms with E-state index in [-0.39, 0.29) is 23.7 Å². The molecule has 4 rings (SSSR count). The third-order valence-electron chi connectivity index (χ3n) is 4.92. The number of amides is 2. The van der Waals surface area contributed by atoms with E-state index in [0.29, 0.717) is 21.6 Å². The van der Waals surface area contributed by atoms with Crippen molar-refractivity contribution in [3.63, 3.8) is 0 Å². The first-order chi connectivity index (χ1) is 14.9. The Labute approximate surface area is 187 Å². The molecule has 3 N–H and O–H groups in total. The van der Waals surface area contributed by atoms with Gasteiger partial charge in [-0.15, -0.1) is 0 Å². The van der Waals surface area contributed by atoms with Gasteiger partial charge in [-0.3, -0.25) is 14.4 Å². The van der Waals surface area contributed by atoms with Crippen LogP contribution in [0.5, 0.6) is 0 Å². The lowest BCUT2D eigenvalue weighted by Crippen LogP contribution is -2.36. The van der Waals surface area contributed by atoms with Gasteiger partial charge in [-0.05, 0) is 30.2 Å². The van der Waals surface area contributed by atoms with Crippen LogP contribution in [-0.4, -0.2) is 21.8 Å². The second kappa shape index (κ2) is 8.95. The summed E-state index contributed by atoms with van der Waals surface area (Å²) in [6.45, 7) is 1.83. The van der Waals surface area contributed by atoms with Crippen LogP contribution in [0.1, 0.15) is 29.0 Å². The molecule has 0 fully saturated rings. The van der Waals surface area contributed by atoms with Crippen LogP contribution in [0, 0.1) is 6.92 Å². The van der Waals surface area contributed by atoms with Crippen molar-refractivity contribution in [3.05, 3.63) is 80.6 Å².